The zero-order valence-electron chi connectivity index (χ0n) is 10.4. The van der Waals surface area contributed by atoms with E-state index in [1.165, 1.54) is 0 Å². The summed E-state index contributed by atoms with van der Waals surface area (Å²) in [4.78, 5) is 0. The molecule has 2 N–H and O–H groups in total. The van der Waals surface area contributed by atoms with Crippen molar-refractivity contribution in [2.75, 3.05) is 11.5 Å². The number of aliphatic hydroxyl groups is 1. The SMILES string of the molecule is CCC(NC1CS(=O)(=O)CC1O)c1ccccc1. The van der Waals surface area contributed by atoms with Crippen LogP contribution in [0.4, 0.5) is 0 Å². The second-order valence-corrected chi connectivity index (χ2v) is 6.94. The largest absolute Gasteiger partial charge is 0.390 e. The van der Waals surface area contributed by atoms with E-state index in [4.69, 9.17) is 0 Å². The van der Waals surface area contributed by atoms with Crippen LogP contribution in [0.5, 0.6) is 0 Å². The first-order valence-corrected chi connectivity index (χ1v) is 8.03. The van der Waals surface area contributed by atoms with Gasteiger partial charge >= 0.3 is 0 Å². The fraction of sp³-hybridized carbons (Fsp3) is 0.538. The van der Waals surface area contributed by atoms with E-state index >= 15 is 0 Å². The van der Waals surface area contributed by atoms with Gasteiger partial charge in [-0.25, -0.2) is 8.42 Å². The average molecular weight is 269 g/mol. The van der Waals surface area contributed by atoms with Crippen molar-refractivity contribution in [3.63, 3.8) is 0 Å². The first-order valence-electron chi connectivity index (χ1n) is 6.21. The van der Waals surface area contributed by atoms with Crippen LogP contribution >= 0.6 is 0 Å². The molecule has 1 aliphatic rings. The van der Waals surface area contributed by atoms with E-state index in [0.717, 1.165) is 12.0 Å². The van der Waals surface area contributed by atoms with Crippen molar-refractivity contribution < 1.29 is 13.5 Å². The molecule has 0 saturated carbocycles. The van der Waals surface area contributed by atoms with Crippen LogP contribution in [0.1, 0.15) is 24.9 Å². The molecule has 0 spiro atoms. The molecule has 1 aromatic rings. The third-order valence-corrected chi connectivity index (χ3v) is 5.06. The Morgan fingerprint density at radius 1 is 1.33 bits per heavy atom. The summed E-state index contributed by atoms with van der Waals surface area (Å²) in [6.45, 7) is 2.04. The predicted molar refractivity (Wildman–Crippen MR) is 71.1 cm³/mol. The maximum Gasteiger partial charge on any atom is 0.154 e. The molecule has 0 amide bonds. The lowest BCUT2D eigenvalue weighted by Crippen LogP contribution is -2.41. The fourth-order valence-corrected chi connectivity index (χ4v) is 4.14. The third kappa shape index (κ3) is 3.10. The van der Waals surface area contributed by atoms with Gasteiger partial charge in [-0.15, -0.1) is 0 Å². The summed E-state index contributed by atoms with van der Waals surface area (Å²) in [6, 6.07) is 9.61. The second-order valence-electron chi connectivity index (χ2n) is 4.79. The number of hydrogen-bond acceptors (Lipinski definition) is 4. The lowest BCUT2D eigenvalue weighted by atomic mass is 10.0. The molecular weight excluding hydrogens is 250 g/mol. The first-order chi connectivity index (χ1) is 8.52. The number of nitrogens with one attached hydrogen (secondary N) is 1. The lowest BCUT2D eigenvalue weighted by molar-refractivity contribution is 0.158. The Hall–Kier alpha value is -0.910. The number of sulfone groups is 1. The maximum absolute atomic E-state index is 11.5. The Labute approximate surface area is 108 Å². The number of rotatable bonds is 4. The number of benzene rings is 1. The van der Waals surface area contributed by atoms with E-state index in [1.807, 2.05) is 37.3 Å². The van der Waals surface area contributed by atoms with Gasteiger partial charge in [0.2, 0.25) is 0 Å². The summed E-state index contributed by atoms with van der Waals surface area (Å²) in [5.74, 6) is -0.104. The third-order valence-electron chi connectivity index (χ3n) is 3.35. The Bertz CT molecular complexity index is 486. The van der Waals surface area contributed by atoms with Crippen molar-refractivity contribution in [1.29, 1.82) is 0 Å². The van der Waals surface area contributed by atoms with Crippen LogP contribution in [-0.4, -0.2) is 37.2 Å². The van der Waals surface area contributed by atoms with E-state index < -0.39 is 15.9 Å². The average Bonchev–Trinajstić information content (AvgIpc) is 2.60. The van der Waals surface area contributed by atoms with E-state index in [1.54, 1.807) is 0 Å². The molecule has 5 heteroatoms. The Kier molecular flexibility index (Phi) is 4.04. The summed E-state index contributed by atoms with van der Waals surface area (Å²) < 4.78 is 22.9. The summed E-state index contributed by atoms with van der Waals surface area (Å²) >= 11 is 0. The minimum Gasteiger partial charge on any atom is -0.390 e. The van der Waals surface area contributed by atoms with Gasteiger partial charge < -0.3 is 10.4 Å². The van der Waals surface area contributed by atoms with Crippen LogP contribution in [0.2, 0.25) is 0 Å². The molecule has 0 aliphatic carbocycles. The van der Waals surface area contributed by atoms with Gasteiger partial charge in [-0.2, -0.15) is 0 Å². The molecule has 1 saturated heterocycles. The zero-order valence-corrected chi connectivity index (χ0v) is 11.2. The van der Waals surface area contributed by atoms with Gasteiger partial charge in [0.25, 0.3) is 0 Å². The molecule has 4 nitrogen and oxygen atoms in total. The molecule has 1 heterocycles. The summed E-state index contributed by atoms with van der Waals surface area (Å²) in [5.41, 5.74) is 1.12. The van der Waals surface area contributed by atoms with Crippen molar-refractivity contribution in [3.05, 3.63) is 35.9 Å². The fourth-order valence-electron chi connectivity index (χ4n) is 2.38. The maximum atomic E-state index is 11.5. The highest BCUT2D eigenvalue weighted by Gasteiger charge is 2.37. The molecule has 18 heavy (non-hydrogen) atoms. The van der Waals surface area contributed by atoms with Crippen LogP contribution in [0.3, 0.4) is 0 Å². The van der Waals surface area contributed by atoms with E-state index in [9.17, 15) is 13.5 Å². The molecule has 0 bridgehead atoms. The Morgan fingerprint density at radius 2 is 2.00 bits per heavy atom. The monoisotopic (exact) mass is 269 g/mol. The van der Waals surface area contributed by atoms with Crippen LogP contribution in [0.25, 0.3) is 0 Å². The van der Waals surface area contributed by atoms with Gasteiger partial charge in [-0.05, 0) is 12.0 Å². The predicted octanol–water partition coefficient (Wildman–Crippen LogP) is 0.885. The van der Waals surface area contributed by atoms with Crippen molar-refractivity contribution in [2.24, 2.45) is 0 Å². The molecule has 100 valence electrons. The molecule has 1 fully saturated rings. The van der Waals surface area contributed by atoms with Crippen LogP contribution in [-0.2, 0) is 9.84 Å². The van der Waals surface area contributed by atoms with E-state index in [2.05, 4.69) is 5.32 Å². The van der Waals surface area contributed by atoms with E-state index in [-0.39, 0.29) is 23.6 Å². The number of aliphatic hydroxyl groups excluding tert-OH is 1. The molecule has 1 aliphatic heterocycles. The van der Waals surface area contributed by atoms with Crippen LogP contribution < -0.4 is 5.32 Å². The van der Waals surface area contributed by atoms with Gasteiger partial charge in [0.05, 0.1) is 17.6 Å². The molecule has 1 aromatic carbocycles. The van der Waals surface area contributed by atoms with Crippen LogP contribution in [0, 0.1) is 0 Å². The molecule has 3 atom stereocenters. The molecule has 0 aromatic heterocycles. The highest BCUT2D eigenvalue weighted by Crippen LogP contribution is 2.21. The summed E-state index contributed by atoms with van der Waals surface area (Å²) in [6.07, 6.45) is 0.0561. The van der Waals surface area contributed by atoms with Gasteiger partial charge in [0.1, 0.15) is 0 Å². The van der Waals surface area contributed by atoms with Crippen molar-refractivity contribution in [2.45, 2.75) is 31.5 Å². The first kappa shape index (κ1) is 13.5. The standard InChI is InChI=1S/C13H19NO3S/c1-2-11(10-6-4-3-5-7-10)14-12-8-18(16,17)9-13(12)15/h3-7,11-15H,2,8-9H2,1H3. The van der Waals surface area contributed by atoms with Gasteiger partial charge in [-0.1, -0.05) is 37.3 Å². The molecule has 0 radical (unpaired) electrons. The number of hydrogen-bond donors (Lipinski definition) is 2. The Morgan fingerprint density at radius 3 is 2.50 bits per heavy atom. The van der Waals surface area contributed by atoms with Crippen LogP contribution in [0.15, 0.2) is 30.3 Å². The Balaban J connectivity index is 2.08. The van der Waals surface area contributed by atoms with Crippen molar-refractivity contribution in [3.8, 4) is 0 Å². The normalized spacial score (nSPS) is 28.1. The van der Waals surface area contributed by atoms with Gasteiger partial charge in [0.15, 0.2) is 9.84 Å². The van der Waals surface area contributed by atoms with Gasteiger partial charge in [-0.3, -0.25) is 0 Å². The zero-order chi connectivity index (χ0) is 13.2. The quantitative estimate of drug-likeness (QED) is 0.852. The smallest absolute Gasteiger partial charge is 0.154 e. The van der Waals surface area contributed by atoms with E-state index in [0.29, 0.717) is 0 Å². The summed E-state index contributed by atoms with van der Waals surface area (Å²) in [5, 5.41) is 13.0. The van der Waals surface area contributed by atoms with Crippen molar-refractivity contribution >= 4 is 9.84 Å². The topological polar surface area (TPSA) is 66.4 Å². The second kappa shape index (κ2) is 5.38. The molecule has 3 unspecified atom stereocenters. The minimum absolute atomic E-state index is 0.0253. The van der Waals surface area contributed by atoms with Gasteiger partial charge in [0, 0.05) is 12.1 Å². The highest BCUT2D eigenvalue weighted by atomic mass is 32.2. The molecule has 2 rings (SSSR count). The molecular formula is C13H19NO3S. The minimum atomic E-state index is -3.09. The summed E-state index contributed by atoms with van der Waals surface area (Å²) in [7, 11) is -3.09. The van der Waals surface area contributed by atoms with Crippen molar-refractivity contribution in [1.82, 2.24) is 5.32 Å². The highest BCUT2D eigenvalue weighted by molar-refractivity contribution is 7.91. The lowest BCUT2D eigenvalue weighted by Gasteiger charge is -2.23.